The largest absolute Gasteiger partial charge is 0.481 e. The Morgan fingerprint density at radius 1 is 1.43 bits per heavy atom. The Balaban J connectivity index is 2.81. The maximum atomic E-state index is 12.1. The first-order chi connectivity index (χ1) is 9.70. The highest BCUT2D eigenvalue weighted by atomic mass is 19.4. The summed E-state index contributed by atoms with van der Waals surface area (Å²) in [6, 6.07) is 2.64. The fourth-order valence-electron chi connectivity index (χ4n) is 1.39. The first-order valence-corrected chi connectivity index (χ1v) is 5.82. The zero-order valence-electron chi connectivity index (χ0n) is 11.1. The maximum absolute atomic E-state index is 12.1. The van der Waals surface area contributed by atoms with Gasteiger partial charge in [-0.15, -0.1) is 0 Å². The summed E-state index contributed by atoms with van der Waals surface area (Å²) < 4.78 is 40.9. The number of pyridine rings is 1. The number of aromatic nitrogens is 1. The molecule has 1 aromatic rings. The minimum absolute atomic E-state index is 0.0816. The summed E-state index contributed by atoms with van der Waals surface area (Å²) in [6.07, 6.45) is -3.63. The van der Waals surface area contributed by atoms with Gasteiger partial charge in [-0.2, -0.15) is 13.2 Å². The molecule has 0 fully saturated rings. The van der Waals surface area contributed by atoms with Crippen molar-refractivity contribution in [3.63, 3.8) is 0 Å². The zero-order chi connectivity index (χ0) is 16.0. The molecule has 116 valence electrons. The maximum Gasteiger partial charge on any atom is 0.422 e. The molecule has 9 heteroatoms. The van der Waals surface area contributed by atoms with Crippen LogP contribution in [0.3, 0.4) is 0 Å². The lowest BCUT2D eigenvalue weighted by Gasteiger charge is -2.18. The highest BCUT2D eigenvalue weighted by Gasteiger charge is 2.30. The van der Waals surface area contributed by atoms with Crippen LogP contribution in [0.2, 0.25) is 0 Å². The van der Waals surface area contributed by atoms with Gasteiger partial charge >= 0.3 is 12.1 Å². The number of nitrogens with zero attached hydrogens (tertiary/aromatic N) is 2. The standard InChI is InChI=1S/C12H13F3N2O4/c1-17(6-4-9(18)19)11(20)8-3-2-5-16-10(8)21-7-12(13,14)15/h2-3,5H,4,6-7H2,1H3,(H,18,19). The smallest absolute Gasteiger partial charge is 0.422 e. The number of hydrogen-bond acceptors (Lipinski definition) is 4. The van der Waals surface area contributed by atoms with Crippen molar-refractivity contribution in [1.82, 2.24) is 9.88 Å². The molecule has 1 rings (SSSR count). The molecule has 21 heavy (non-hydrogen) atoms. The molecule has 6 nitrogen and oxygen atoms in total. The molecule has 0 saturated heterocycles. The van der Waals surface area contributed by atoms with E-state index in [4.69, 9.17) is 5.11 Å². The topological polar surface area (TPSA) is 79.7 Å². The van der Waals surface area contributed by atoms with Crippen LogP contribution in [0, 0.1) is 0 Å². The van der Waals surface area contributed by atoms with Crippen LogP contribution in [0.25, 0.3) is 0 Å². The second kappa shape index (κ2) is 6.91. The molecule has 1 heterocycles. The van der Waals surface area contributed by atoms with Crippen LogP contribution >= 0.6 is 0 Å². The predicted molar refractivity (Wildman–Crippen MR) is 65.0 cm³/mol. The van der Waals surface area contributed by atoms with Gasteiger partial charge in [0.05, 0.1) is 6.42 Å². The third kappa shape index (κ3) is 5.67. The van der Waals surface area contributed by atoms with Crippen molar-refractivity contribution in [3.8, 4) is 5.88 Å². The van der Waals surface area contributed by atoms with Crippen molar-refractivity contribution in [2.24, 2.45) is 0 Å². The number of carboxylic acid groups (broad SMARTS) is 1. The average molecular weight is 306 g/mol. The average Bonchev–Trinajstić information content (AvgIpc) is 2.41. The van der Waals surface area contributed by atoms with Crippen LogP contribution < -0.4 is 4.74 Å². The number of hydrogen-bond donors (Lipinski definition) is 1. The van der Waals surface area contributed by atoms with Gasteiger partial charge in [-0.05, 0) is 12.1 Å². The SMILES string of the molecule is CN(CCC(=O)O)C(=O)c1cccnc1OCC(F)(F)F. The van der Waals surface area contributed by atoms with Crippen molar-refractivity contribution >= 4 is 11.9 Å². The first-order valence-electron chi connectivity index (χ1n) is 5.82. The van der Waals surface area contributed by atoms with E-state index in [9.17, 15) is 22.8 Å². The number of amides is 1. The zero-order valence-corrected chi connectivity index (χ0v) is 11.1. The number of carbonyl (C=O) groups excluding carboxylic acids is 1. The van der Waals surface area contributed by atoms with Gasteiger partial charge in [0.2, 0.25) is 5.88 Å². The normalized spacial score (nSPS) is 11.0. The molecule has 0 bridgehead atoms. The highest BCUT2D eigenvalue weighted by Crippen LogP contribution is 2.20. The van der Waals surface area contributed by atoms with E-state index in [2.05, 4.69) is 9.72 Å². The molecule has 0 aliphatic carbocycles. The van der Waals surface area contributed by atoms with E-state index in [-0.39, 0.29) is 18.5 Å². The molecule has 1 N–H and O–H groups in total. The molecule has 0 spiro atoms. The van der Waals surface area contributed by atoms with Gasteiger partial charge < -0.3 is 14.7 Å². The van der Waals surface area contributed by atoms with Crippen LogP contribution in [0.1, 0.15) is 16.8 Å². The van der Waals surface area contributed by atoms with Gasteiger partial charge in [0.1, 0.15) is 5.56 Å². The minimum atomic E-state index is -4.55. The fraction of sp³-hybridized carbons (Fsp3) is 0.417. The van der Waals surface area contributed by atoms with Crippen molar-refractivity contribution in [3.05, 3.63) is 23.9 Å². The summed E-state index contributed by atoms with van der Waals surface area (Å²) >= 11 is 0. The van der Waals surface area contributed by atoms with E-state index < -0.39 is 30.5 Å². The Morgan fingerprint density at radius 3 is 2.67 bits per heavy atom. The lowest BCUT2D eigenvalue weighted by atomic mass is 10.2. The molecule has 1 amide bonds. The molecule has 0 saturated carbocycles. The van der Waals surface area contributed by atoms with Gasteiger partial charge in [-0.1, -0.05) is 0 Å². The third-order valence-electron chi connectivity index (χ3n) is 2.38. The number of ether oxygens (including phenoxy) is 1. The molecule has 0 atom stereocenters. The van der Waals surface area contributed by atoms with Crippen molar-refractivity contribution in [2.75, 3.05) is 20.2 Å². The summed E-state index contributed by atoms with van der Waals surface area (Å²) in [5, 5.41) is 8.54. The lowest BCUT2D eigenvalue weighted by Crippen LogP contribution is -2.30. The summed E-state index contributed by atoms with van der Waals surface area (Å²) in [6.45, 7) is -1.65. The Hall–Kier alpha value is -2.32. The fourth-order valence-corrected chi connectivity index (χ4v) is 1.39. The van der Waals surface area contributed by atoms with Crippen LogP contribution in [-0.2, 0) is 4.79 Å². The van der Waals surface area contributed by atoms with Crippen LogP contribution in [-0.4, -0.2) is 53.2 Å². The first kappa shape index (κ1) is 16.7. The summed E-state index contributed by atoms with van der Waals surface area (Å²) in [7, 11) is 1.34. The third-order valence-corrected chi connectivity index (χ3v) is 2.38. The van der Waals surface area contributed by atoms with Crippen LogP contribution in [0.5, 0.6) is 5.88 Å². The number of rotatable bonds is 6. The molecule has 0 radical (unpaired) electrons. The molecule has 0 aliphatic heterocycles. The molecule has 0 aliphatic rings. The van der Waals surface area contributed by atoms with E-state index in [0.717, 1.165) is 4.90 Å². The van der Waals surface area contributed by atoms with Gasteiger partial charge in [0.15, 0.2) is 6.61 Å². The Labute approximate surface area is 118 Å². The van der Waals surface area contributed by atoms with Gasteiger partial charge in [0, 0.05) is 19.8 Å². The predicted octanol–water partition coefficient (Wildman–Crippen LogP) is 1.57. The van der Waals surface area contributed by atoms with Gasteiger partial charge in [-0.3, -0.25) is 9.59 Å². The highest BCUT2D eigenvalue weighted by molar-refractivity contribution is 5.96. The van der Waals surface area contributed by atoms with E-state index in [1.165, 1.54) is 25.4 Å². The minimum Gasteiger partial charge on any atom is -0.481 e. The Bertz CT molecular complexity index is 519. The number of halogens is 3. The number of aliphatic carboxylic acids is 1. The van der Waals surface area contributed by atoms with Crippen LogP contribution in [0.15, 0.2) is 18.3 Å². The molecular weight excluding hydrogens is 293 g/mol. The number of alkyl halides is 3. The summed E-state index contributed by atoms with van der Waals surface area (Å²) in [5.74, 6) is -2.20. The van der Waals surface area contributed by atoms with Gasteiger partial charge in [0.25, 0.3) is 5.91 Å². The van der Waals surface area contributed by atoms with Crippen molar-refractivity contribution < 1.29 is 32.6 Å². The molecular formula is C12H13F3N2O4. The van der Waals surface area contributed by atoms with Gasteiger partial charge in [-0.25, -0.2) is 4.98 Å². The lowest BCUT2D eigenvalue weighted by molar-refractivity contribution is -0.154. The monoisotopic (exact) mass is 306 g/mol. The second-order valence-electron chi connectivity index (χ2n) is 4.13. The number of carbonyl (C=O) groups is 2. The molecule has 0 unspecified atom stereocenters. The van der Waals surface area contributed by atoms with Crippen molar-refractivity contribution in [1.29, 1.82) is 0 Å². The van der Waals surface area contributed by atoms with Crippen LogP contribution in [0.4, 0.5) is 13.2 Å². The van der Waals surface area contributed by atoms with E-state index in [0.29, 0.717) is 0 Å². The van der Waals surface area contributed by atoms with E-state index in [1.54, 1.807) is 0 Å². The molecule has 0 aromatic carbocycles. The quantitative estimate of drug-likeness (QED) is 0.863. The second-order valence-corrected chi connectivity index (χ2v) is 4.13. The summed E-state index contributed by atoms with van der Waals surface area (Å²) in [5.41, 5.74) is -0.158. The number of carboxylic acids is 1. The van der Waals surface area contributed by atoms with E-state index in [1.807, 2.05) is 0 Å². The van der Waals surface area contributed by atoms with E-state index >= 15 is 0 Å². The Kier molecular flexibility index (Phi) is 5.51. The summed E-state index contributed by atoms with van der Waals surface area (Å²) in [4.78, 5) is 27.1. The molecule has 1 aromatic heterocycles. The van der Waals surface area contributed by atoms with Crippen molar-refractivity contribution in [2.45, 2.75) is 12.6 Å². The Morgan fingerprint density at radius 2 is 2.10 bits per heavy atom.